The first-order valence-corrected chi connectivity index (χ1v) is 8.54. The molecule has 2 atom stereocenters. The summed E-state index contributed by atoms with van der Waals surface area (Å²) in [7, 11) is 0. The van der Waals surface area contributed by atoms with Crippen molar-refractivity contribution in [1.29, 1.82) is 0 Å². The minimum absolute atomic E-state index is 0.0134. The summed E-state index contributed by atoms with van der Waals surface area (Å²) in [6.45, 7) is 9.17. The number of carbonyl (C=O) groups is 1. The number of hydrogen-bond donors (Lipinski definition) is 1. The molecule has 1 aromatic rings. The molecular formula is C20H28N2O2. The Hall–Kier alpha value is -2.07. The van der Waals surface area contributed by atoms with Gasteiger partial charge in [-0.15, -0.1) is 0 Å². The number of amides is 1. The van der Waals surface area contributed by atoms with Gasteiger partial charge in [0.05, 0.1) is 6.54 Å². The molecule has 2 rings (SSSR count). The van der Waals surface area contributed by atoms with E-state index in [-0.39, 0.29) is 18.1 Å². The summed E-state index contributed by atoms with van der Waals surface area (Å²) >= 11 is 0. The van der Waals surface area contributed by atoms with Gasteiger partial charge in [-0.2, -0.15) is 0 Å². The zero-order chi connectivity index (χ0) is 17.7. The molecule has 0 saturated carbocycles. The standard InChI is InChI=1S/C20H28N2O2/c1-5-7-17(12-16(4)21)24-18-10-11-22(13-18)20(23)19-14(2)8-6-9-15(19)3/h5-9,12,16,18H,10-11,13,21H2,1-4H3/b7-5-,17-12+/t16-,18-/m0/s1. The van der Waals surface area contributed by atoms with Crippen LogP contribution in [0.2, 0.25) is 0 Å². The van der Waals surface area contributed by atoms with Crippen LogP contribution in [0, 0.1) is 13.8 Å². The van der Waals surface area contributed by atoms with E-state index in [0.717, 1.165) is 35.4 Å². The quantitative estimate of drug-likeness (QED) is 0.666. The SMILES string of the molecule is C/C=C\C(=C/[C@H](C)N)O[C@H]1CCN(C(=O)c2c(C)cccc2C)C1. The molecule has 0 radical (unpaired) electrons. The number of allylic oxidation sites excluding steroid dienone is 2. The number of nitrogens with two attached hydrogens (primary N) is 1. The van der Waals surface area contributed by atoms with E-state index in [4.69, 9.17) is 10.5 Å². The number of aryl methyl sites for hydroxylation is 2. The third-order valence-electron chi connectivity index (χ3n) is 4.19. The first-order chi connectivity index (χ1) is 11.4. The normalized spacial score (nSPS) is 19.8. The second-order valence-corrected chi connectivity index (χ2v) is 6.47. The van der Waals surface area contributed by atoms with Crippen LogP contribution in [0.3, 0.4) is 0 Å². The largest absolute Gasteiger partial charge is 0.489 e. The lowest BCUT2D eigenvalue weighted by Crippen LogP contribution is -2.31. The average Bonchev–Trinajstić information content (AvgIpc) is 2.95. The second-order valence-electron chi connectivity index (χ2n) is 6.47. The molecule has 0 aromatic heterocycles. The number of carbonyl (C=O) groups excluding carboxylic acids is 1. The maximum Gasteiger partial charge on any atom is 0.254 e. The third kappa shape index (κ3) is 4.48. The number of likely N-dealkylation sites (tertiary alicyclic amines) is 1. The molecule has 1 aliphatic rings. The Morgan fingerprint density at radius 3 is 2.62 bits per heavy atom. The lowest BCUT2D eigenvalue weighted by Gasteiger charge is -2.20. The Bertz CT molecular complexity index is 627. The monoisotopic (exact) mass is 328 g/mol. The highest BCUT2D eigenvalue weighted by Crippen LogP contribution is 2.22. The minimum atomic E-state index is -0.0649. The zero-order valence-corrected chi connectivity index (χ0v) is 15.1. The summed E-state index contributed by atoms with van der Waals surface area (Å²) in [5, 5.41) is 0. The average molecular weight is 328 g/mol. The Balaban J connectivity index is 2.06. The van der Waals surface area contributed by atoms with E-state index in [0.29, 0.717) is 6.54 Å². The van der Waals surface area contributed by atoms with Gasteiger partial charge in [-0.25, -0.2) is 0 Å². The summed E-state index contributed by atoms with van der Waals surface area (Å²) in [5.74, 6) is 0.874. The van der Waals surface area contributed by atoms with Crippen molar-refractivity contribution >= 4 is 5.91 Å². The molecule has 1 saturated heterocycles. The van der Waals surface area contributed by atoms with Crippen LogP contribution in [0.5, 0.6) is 0 Å². The first-order valence-electron chi connectivity index (χ1n) is 8.54. The van der Waals surface area contributed by atoms with Crippen molar-refractivity contribution in [2.24, 2.45) is 5.73 Å². The summed E-state index contributed by atoms with van der Waals surface area (Å²) in [4.78, 5) is 14.7. The van der Waals surface area contributed by atoms with Crippen molar-refractivity contribution in [2.45, 2.75) is 46.3 Å². The van der Waals surface area contributed by atoms with Crippen molar-refractivity contribution in [3.63, 3.8) is 0 Å². The van der Waals surface area contributed by atoms with Crippen molar-refractivity contribution in [3.05, 3.63) is 58.9 Å². The van der Waals surface area contributed by atoms with Crippen LogP contribution in [0.25, 0.3) is 0 Å². The highest BCUT2D eigenvalue weighted by Gasteiger charge is 2.29. The fourth-order valence-electron chi connectivity index (χ4n) is 3.07. The molecule has 1 aromatic carbocycles. The number of benzene rings is 1. The van der Waals surface area contributed by atoms with Gasteiger partial charge in [-0.3, -0.25) is 4.79 Å². The van der Waals surface area contributed by atoms with Gasteiger partial charge in [0.1, 0.15) is 11.9 Å². The molecule has 1 amide bonds. The lowest BCUT2D eigenvalue weighted by molar-refractivity contribution is 0.0743. The first kappa shape index (κ1) is 18.3. The molecular weight excluding hydrogens is 300 g/mol. The van der Waals surface area contributed by atoms with Crippen LogP contribution in [0.1, 0.15) is 41.8 Å². The van der Waals surface area contributed by atoms with Gasteiger partial charge in [0.25, 0.3) is 5.91 Å². The molecule has 130 valence electrons. The van der Waals surface area contributed by atoms with Crippen LogP contribution < -0.4 is 5.73 Å². The van der Waals surface area contributed by atoms with Gasteiger partial charge in [0, 0.05) is 24.6 Å². The third-order valence-corrected chi connectivity index (χ3v) is 4.19. The molecule has 1 fully saturated rings. The van der Waals surface area contributed by atoms with Crippen molar-refractivity contribution in [3.8, 4) is 0 Å². The number of nitrogens with zero attached hydrogens (tertiary/aromatic N) is 1. The van der Waals surface area contributed by atoms with Crippen LogP contribution in [0.4, 0.5) is 0 Å². The summed E-state index contributed by atoms with van der Waals surface area (Å²) in [5.41, 5.74) is 8.69. The molecule has 24 heavy (non-hydrogen) atoms. The van der Waals surface area contributed by atoms with Gasteiger partial charge in [-0.1, -0.05) is 24.3 Å². The van der Waals surface area contributed by atoms with E-state index in [9.17, 15) is 4.79 Å². The van der Waals surface area contributed by atoms with Crippen LogP contribution in [0.15, 0.2) is 42.2 Å². The molecule has 4 heteroatoms. The number of rotatable bonds is 5. The molecule has 1 heterocycles. The van der Waals surface area contributed by atoms with Gasteiger partial charge >= 0.3 is 0 Å². The molecule has 0 bridgehead atoms. The topological polar surface area (TPSA) is 55.6 Å². The van der Waals surface area contributed by atoms with Crippen LogP contribution >= 0.6 is 0 Å². The molecule has 2 N–H and O–H groups in total. The maximum absolute atomic E-state index is 12.8. The Labute approximate surface area is 145 Å². The fourth-order valence-corrected chi connectivity index (χ4v) is 3.07. The van der Waals surface area contributed by atoms with Gasteiger partial charge in [0.15, 0.2) is 0 Å². The predicted molar refractivity (Wildman–Crippen MR) is 97.9 cm³/mol. The van der Waals surface area contributed by atoms with E-state index >= 15 is 0 Å². The summed E-state index contributed by atoms with van der Waals surface area (Å²) < 4.78 is 6.04. The molecule has 0 spiro atoms. The Morgan fingerprint density at radius 2 is 2.04 bits per heavy atom. The molecule has 1 aliphatic heterocycles. The number of ether oxygens (including phenoxy) is 1. The Kier molecular flexibility index (Phi) is 6.21. The number of hydrogen-bond acceptors (Lipinski definition) is 3. The molecule has 4 nitrogen and oxygen atoms in total. The van der Waals surface area contributed by atoms with Crippen molar-refractivity contribution in [1.82, 2.24) is 4.90 Å². The second kappa shape index (κ2) is 8.15. The van der Waals surface area contributed by atoms with E-state index in [1.54, 1.807) is 0 Å². The summed E-state index contributed by atoms with van der Waals surface area (Å²) in [6.07, 6.45) is 6.60. The smallest absolute Gasteiger partial charge is 0.254 e. The molecule has 0 aliphatic carbocycles. The Morgan fingerprint density at radius 1 is 1.38 bits per heavy atom. The van der Waals surface area contributed by atoms with E-state index in [2.05, 4.69) is 0 Å². The van der Waals surface area contributed by atoms with Crippen molar-refractivity contribution < 1.29 is 9.53 Å². The predicted octanol–water partition coefficient (Wildman–Crippen LogP) is 3.34. The van der Waals surface area contributed by atoms with Gasteiger partial charge in [-0.05, 0) is 51.0 Å². The van der Waals surface area contributed by atoms with E-state index < -0.39 is 0 Å². The van der Waals surface area contributed by atoms with Crippen LogP contribution in [-0.4, -0.2) is 36.0 Å². The minimum Gasteiger partial charge on any atom is -0.489 e. The zero-order valence-electron chi connectivity index (χ0n) is 15.1. The lowest BCUT2D eigenvalue weighted by atomic mass is 10.0. The maximum atomic E-state index is 12.8. The van der Waals surface area contributed by atoms with Gasteiger partial charge in [0.2, 0.25) is 0 Å². The highest BCUT2D eigenvalue weighted by atomic mass is 16.5. The van der Waals surface area contributed by atoms with E-state index in [1.807, 2.05) is 69.0 Å². The van der Waals surface area contributed by atoms with Gasteiger partial charge < -0.3 is 15.4 Å². The fraction of sp³-hybridized carbons (Fsp3) is 0.450. The molecule has 0 unspecified atom stereocenters. The van der Waals surface area contributed by atoms with Crippen LogP contribution in [-0.2, 0) is 4.74 Å². The highest BCUT2D eigenvalue weighted by molar-refractivity contribution is 5.97. The summed E-state index contributed by atoms with van der Waals surface area (Å²) in [6, 6.07) is 5.89. The van der Waals surface area contributed by atoms with Crippen molar-refractivity contribution in [2.75, 3.05) is 13.1 Å². The van der Waals surface area contributed by atoms with E-state index in [1.165, 1.54) is 0 Å².